The first-order chi connectivity index (χ1) is 15.2. The van der Waals surface area contributed by atoms with Gasteiger partial charge >= 0.3 is 6.03 Å². The van der Waals surface area contributed by atoms with Crippen molar-refractivity contribution in [3.05, 3.63) is 60.4 Å². The molecule has 3 heterocycles. The van der Waals surface area contributed by atoms with Gasteiger partial charge in [-0.1, -0.05) is 36.4 Å². The van der Waals surface area contributed by atoms with E-state index in [1.165, 1.54) is 18.7 Å². The Morgan fingerprint density at radius 1 is 1.03 bits per heavy atom. The molecule has 0 unspecified atom stereocenters. The third kappa shape index (κ3) is 4.16. The van der Waals surface area contributed by atoms with Crippen molar-refractivity contribution in [3.8, 4) is 0 Å². The van der Waals surface area contributed by atoms with Crippen LogP contribution in [0.1, 0.15) is 5.56 Å². The Balaban J connectivity index is 1.24. The second kappa shape index (κ2) is 8.69. The van der Waals surface area contributed by atoms with Crippen LogP contribution in [0.25, 0.3) is 11.0 Å². The summed E-state index contributed by atoms with van der Waals surface area (Å²) in [7, 11) is 2.18. The van der Waals surface area contributed by atoms with Crippen LogP contribution in [0.5, 0.6) is 0 Å². The Bertz CT molecular complexity index is 1030. The van der Waals surface area contributed by atoms with Crippen molar-refractivity contribution in [2.24, 2.45) is 0 Å². The fraction of sp³-hybridized carbons (Fsp3) is 0.417. The van der Waals surface area contributed by atoms with Crippen molar-refractivity contribution in [1.82, 2.24) is 24.7 Å². The molecule has 1 amide bonds. The summed E-state index contributed by atoms with van der Waals surface area (Å²) in [5, 5.41) is 3.02. The summed E-state index contributed by atoms with van der Waals surface area (Å²) in [5.41, 5.74) is 4.10. The van der Waals surface area contributed by atoms with Crippen LogP contribution in [0.15, 0.2) is 54.9 Å². The highest BCUT2D eigenvalue weighted by Gasteiger charge is 2.31. The molecule has 0 bridgehead atoms. The van der Waals surface area contributed by atoms with Gasteiger partial charge < -0.3 is 15.1 Å². The smallest absolute Gasteiger partial charge is 0.327 e. The maximum absolute atomic E-state index is 12.8. The van der Waals surface area contributed by atoms with Crippen LogP contribution >= 0.6 is 0 Å². The number of anilines is 1. The molecule has 0 aliphatic carbocycles. The molecule has 3 aromatic rings. The quantitative estimate of drug-likeness (QED) is 0.689. The number of nitrogens with zero attached hydrogens (tertiary/aromatic N) is 5. The van der Waals surface area contributed by atoms with Gasteiger partial charge in [-0.3, -0.25) is 9.47 Å². The second-order valence-electron chi connectivity index (χ2n) is 8.63. The molecular formula is C24H30N6O. The summed E-state index contributed by atoms with van der Waals surface area (Å²) in [4.78, 5) is 24.8. The van der Waals surface area contributed by atoms with Crippen molar-refractivity contribution in [2.45, 2.75) is 12.5 Å². The van der Waals surface area contributed by atoms with Crippen LogP contribution in [0.4, 0.5) is 10.5 Å². The number of imidazole rings is 1. The number of carbonyl (C=O) groups is 1. The van der Waals surface area contributed by atoms with E-state index in [-0.39, 0.29) is 6.03 Å². The summed E-state index contributed by atoms with van der Waals surface area (Å²) >= 11 is 0. The van der Waals surface area contributed by atoms with E-state index in [2.05, 4.69) is 50.2 Å². The normalized spacial score (nSPS) is 18.3. The van der Waals surface area contributed by atoms with Gasteiger partial charge in [0.05, 0.1) is 11.2 Å². The lowest BCUT2D eigenvalue weighted by Crippen LogP contribution is -2.62. The van der Waals surface area contributed by atoms with Gasteiger partial charge in [-0.15, -0.1) is 0 Å². The Morgan fingerprint density at radius 3 is 2.55 bits per heavy atom. The van der Waals surface area contributed by atoms with E-state index in [1.54, 1.807) is 10.9 Å². The van der Waals surface area contributed by atoms with Gasteiger partial charge in [-0.2, -0.15) is 0 Å². The monoisotopic (exact) mass is 418 g/mol. The maximum Gasteiger partial charge on any atom is 0.327 e. The minimum atomic E-state index is -0.130. The van der Waals surface area contributed by atoms with E-state index in [0.717, 1.165) is 49.3 Å². The van der Waals surface area contributed by atoms with Crippen LogP contribution in [0.3, 0.4) is 0 Å². The highest BCUT2D eigenvalue weighted by Crippen LogP contribution is 2.27. The Kier molecular flexibility index (Phi) is 5.61. The topological polar surface area (TPSA) is 56.6 Å². The van der Waals surface area contributed by atoms with Gasteiger partial charge in [0.15, 0.2) is 0 Å². The molecule has 0 spiro atoms. The van der Waals surface area contributed by atoms with Gasteiger partial charge in [0, 0.05) is 51.9 Å². The molecular weight excluding hydrogens is 388 g/mol. The van der Waals surface area contributed by atoms with Crippen LogP contribution in [-0.4, -0.2) is 84.3 Å². The number of hydrogen-bond acceptors (Lipinski definition) is 5. The Morgan fingerprint density at radius 2 is 1.81 bits per heavy atom. The molecule has 1 N–H and O–H groups in total. The molecule has 162 valence electrons. The van der Waals surface area contributed by atoms with E-state index in [0.29, 0.717) is 12.6 Å². The van der Waals surface area contributed by atoms with E-state index in [9.17, 15) is 4.79 Å². The number of likely N-dealkylation sites (N-methyl/N-ethyl adjacent to an activating group) is 1. The molecule has 0 saturated carbocycles. The van der Waals surface area contributed by atoms with Gasteiger partial charge in [-0.25, -0.2) is 9.78 Å². The molecule has 0 radical (unpaired) electrons. The minimum absolute atomic E-state index is 0.130. The number of nitrogens with one attached hydrogen (secondary N) is 1. The first-order valence-electron chi connectivity index (χ1n) is 11.1. The number of amides is 1. The summed E-state index contributed by atoms with van der Waals surface area (Å²) in [5.74, 6) is 0. The molecule has 2 aliphatic heterocycles. The van der Waals surface area contributed by atoms with Crippen LogP contribution in [0, 0.1) is 0 Å². The average Bonchev–Trinajstić information content (AvgIpc) is 3.22. The molecule has 0 atom stereocenters. The molecule has 7 heteroatoms. The highest BCUT2D eigenvalue weighted by molar-refractivity contribution is 5.95. The van der Waals surface area contributed by atoms with Crippen molar-refractivity contribution in [3.63, 3.8) is 0 Å². The van der Waals surface area contributed by atoms with Gasteiger partial charge in [0.25, 0.3) is 0 Å². The summed E-state index contributed by atoms with van der Waals surface area (Å²) in [6.45, 7) is 7.11. The average molecular weight is 419 g/mol. The molecule has 2 aromatic carbocycles. The zero-order valence-electron chi connectivity index (χ0n) is 18.1. The largest absolute Gasteiger partial charge is 0.367 e. The van der Waals surface area contributed by atoms with E-state index >= 15 is 0 Å². The fourth-order valence-corrected chi connectivity index (χ4v) is 4.71. The lowest BCUT2D eigenvalue weighted by molar-refractivity contribution is 0.0488. The second-order valence-corrected chi connectivity index (χ2v) is 8.63. The molecule has 5 rings (SSSR count). The van der Waals surface area contributed by atoms with Crippen LogP contribution in [-0.2, 0) is 6.42 Å². The zero-order valence-corrected chi connectivity index (χ0v) is 18.1. The molecule has 1 aromatic heterocycles. The lowest BCUT2D eigenvalue weighted by atomic mass is 10.1. The van der Waals surface area contributed by atoms with Crippen LogP contribution < -0.4 is 10.2 Å². The predicted molar refractivity (Wildman–Crippen MR) is 124 cm³/mol. The molecule has 2 saturated heterocycles. The number of likely N-dealkylation sites (tertiary alicyclic amines) is 1. The first kappa shape index (κ1) is 20.0. The predicted octanol–water partition coefficient (Wildman–Crippen LogP) is 2.27. The van der Waals surface area contributed by atoms with Crippen molar-refractivity contribution in [2.75, 3.05) is 57.8 Å². The maximum atomic E-state index is 12.8. The molecule has 2 fully saturated rings. The number of aromatic nitrogens is 2. The van der Waals surface area contributed by atoms with E-state index in [4.69, 9.17) is 0 Å². The number of fused-ring (bicyclic) bond motifs is 1. The fourth-order valence-electron chi connectivity index (χ4n) is 4.71. The zero-order chi connectivity index (χ0) is 21.2. The number of hydrogen-bond donors (Lipinski definition) is 1. The third-order valence-electron chi connectivity index (χ3n) is 6.52. The summed E-state index contributed by atoms with van der Waals surface area (Å²) in [6, 6.07) is 16.9. The number of rotatable bonds is 5. The van der Waals surface area contributed by atoms with E-state index < -0.39 is 0 Å². The summed E-state index contributed by atoms with van der Waals surface area (Å²) in [6.07, 6.45) is 2.46. The number of carbonyl (C=O) groups excluding carboxylic acids is 1. The molecule has 31 heavy (non-hydrogen) atoms. The molecule has 7 nitrogen and oxygen atoms in total. The van der Waals surface area contributed by atoms with E-state index in [1.807, 2.05) is 30.3 Å². The number of piperazine rings is 1. The standard InChI is InChI=1S/C24H30N6O/c1-27-16-20(17-27)28-12-14-29(15-13-28)21-8-5-9-22-23(21)26-18-30(22)24(31)25-11-10-19-6-3-2-4-7-19/h2-9,18,20H,10-17H2,1H3,(H,25,31). The van der Waals surface area contributed by atoms with Gasteiger partial charge in [0.2, 0.25) is 0 Å². The lowest BCUT2D eigenvalue weighted by Gasteiger charge is -2.47. The number of para-hydroxylation sites is 1. The Hall–Kier alpha value is -2.90. The molecule has 2 aliphatic rings. The van der Waals surface area contributed by atoms with Crippen molar-refractivity contribution < 1.29 is 4.79 Å². The highest BCUT2D eigenvalue weighted by atomic mass is 16.2. The summed E-state index contributed by atoms with van der Waals surface area (Å²) < 4.78 is 1.63. The van der Waals surface area contributed by atoms with Crippen LogP contribution in [0.2, 0.25) is 0 Å². The van der Waals surface area contributed by atoms with Crippen molar-refractivity contribution >= 4 is 22.8 Å². The SMILES string of the molecule is CN1CC(N2CCN(c3cccc4c3ncn4C(=O)NCCc3ccccc3)CC2)C1. The first-order valence-corrected chi connectivity index (χ1v) is 11.1. The van der Waals surface area contributed by atoms with Crippen molar-refractivity contribution in [1.29, 1.82) is 0 Å². The number of benzene rings is 2. The van der Waals surface area contributed by atoms with Gasteiger partial charge in [-0.05, 0) is 31.2 Å². The van der Waals surface area contributed by atoms with Gasteiger partial charge in [0.1, 0.15) is 11.8 Å². The third-order valence-corrected chi connectivity index (χ3v) is 6.52. The minimum Gasteiger partial charge on any atom is -0.367 e. The Labute approximate surface area is 183 Å².